The summed E-state index contributed by atoms with van der Waals surface area (Å²) in [5.41, 5.74) is 0.385. The minimum atomic E-state index is -3.04. The van der Waals surface area contributed by atoms with Crippen molar-refractivity contribution in [2.45, 2.75) is 65.7 Å². The van der Waals surface area contributed by atoms with Gasteiger partial charge in [-0.15, -0.1) is 0 Å². The van der Waals surface area contributed by atoms with Crippen LogP contribution in [0.3, 0.4) is 0 Å². The van der Waals surface area contributed by atoms with E-state index in [2.05, 4.69) is 26.1 Å². The molecule has 21 heavy (non-hydrogen) atoms. The first kappa shape index (κ1) is 18.9. The van der Waals surface area contributed by atoms with Crippen LogP contribution in [-0.2, 0) is 10.0 Å². The Balaban J connectivity index is 2.32. The number of hydrogen-bond acceptors (Lipinski definition) is 3. The van der Waals surface area contributed by atoms with Crippen LogP contribution in [0.25, 0.3) is 0 Å². The van der Waals surface area contributed by atoms with Crippen molar-refractivity contribution < 1.29 is 8.42 Å². The summed E-state index contributed by atoms with van der Waals surface area (Å²) in [6.45, 7) is 10.00. The van der Waals surface area contributed by atoms with Gasteiger partial charge in [0.1, 0.15) is 0 Å². The summed E-state index contributed by atoms with van der Waals surface area (Å²) >= 11 is 0. The summed E-state index contributed by atoms with van der Waals surface area (Å²) in [6.07, 6.45) is 7.22. The monoisotopic (exact) mass is 318 g/mol. The standard InChI is InChI=1S/C16H34N2O2S/c1-4-11-17-12-7-8-15-21(19,20)18-13-9-16(5-2,6-3)10-14-18/h17H,4-15H2,1-3H3. The van der Waals surface area contributed by atoms with E-state index in [4.69, 9.17) is 0 Å². The third kappa shape index (κ3) is 5.87. The van der Waals surface area contributed by atoms with Gasteiger partial charge in [-0.1, -0.05) is 33.6 Å². The molecule has 1 saturated heterocycles. The average Bonchev–Trinajstić information content (AvgIpc) is 2.50. The van der Waals surface area contributed by atoms with Gasteiger partial charge in [0, 0.05) is 13.1 Å². The van der Waals surface area contributed by atoms with Crippen molar-refractivity contribution in [3.05, 3.63) is 0 Å². The van der Waals surface area contributed by atoms with Gasteiger partial charge in [0.15, 0.2) is 0 Å². The first-order valence-electron chi connectivity index (χ1n) is 8.68. The van der Waals surface area contributed by atoms with E-state index in [1.54, 1.807) is 4.31 Å². The first-order valence-corrected chi connectivity index (χ1v) is 10.3. The Kier molecular flexibility index (Phi) is 8.21. The van der Waals surface area contributed by atoms with Gasteiger partial charge in [0.05, 0.1) is 5.75 Å². The van der Waals surface area contributed by atoms with Crippen LogP contribution in [0.5, 0.6) is 0 Å². The summed E-state index contributed by atoms with van der Waals surface area (Å²) in [4.78, 5) is 0. The molecule has 1 heterocycles. The van der Waals surface area contributed by atoms with Crippen LogP contribution >= 0.6 is 0 Å². The molecular weight excluding hydrogens is 284 g/mol. The van der Waals surface area contributed by atoms with Gasteiger partial charge in [-0.05, 0) is 50.6 Å². The zero-order valence-electron chi connectivity index (χ0n) is 14.2. The molecule has 1 fully saturated rings. The Morgan fingerprint density at radius 2 is 1.62 bits per heavy atom. The van der Waals surface area contributed by atoms with Gasteiger partial charge in [0.25, 0.3) is 0 Å². The number of rotatable bonds is 10. The minimum Gasteiger partial charge on any atom is -0.317 e. The molecule has 0 aromatic carbocycles. The zero-order chi connectivity index (χ0) is 15.8. The SMILES string of the molecule is CCCNCCCCS(=O)(=O)N1CCC(CC)(CC)CC1. The number of piperidine rings is 1. The Bertz CT molecular complexity index is 368. The summed E-state index contributed by atoms with van der Waals surface area (Å²) < 4.78 is 26.5. The van der Waals surface area contributed by atoms with Crippen LogP contribution in [0.1, 0.15) is 65.7 Å². The van der Waals surface area contributed by atoms with Gasteiger partial charge < -0.3 is 5.32 Å². The summed E-state index contributed by atoms with van der Waals surface area (Å²) in [6, 6.07) is 0. The Labute approximate surface area is 131 Å². The fraction of sp³-hybridized carbons (Fsp3) is 1.00. The molecule has 0 spiro atoms. The zero-order valence-corrected chi connectivity index (χ0v) is 15.0. The highest BCUT2D eigenvalue weighted by atomic mass is 32.2. The van der Waals surface area contributed by atoms with E-state index in [0.29, 0.717) is 11.2 Å². The predicted molar refractivity (Wildman–Crippen MR) is 90.0 cm³/mol. The highest BCUT2D eigenvalue weighted by molar-refractivity contribution is 7.89. The van der Waals surface area contributed by atoms with Crippen LogP contribution in [0.15, 0.2) is 0 Å². The smallest absolute Gasteiger partial charge is 0.214 e. The fourth-order valence-electron chi connectivity index (χ4n) is 3.16. The normalized spacial score (nSPS) is 19.8. The average molecular weight is 319 g/mol. The van der Waals surface area contributed by atoms with Crippen LogP contribution < -0.4 is 5.32 Å². The second-order valence-electron chi connectivity index (χ2n) is 6.38. The highest BCUT2D eigenvalue weighted by Gasteiger charge is 2.35. The molecule has 5 heteroatoms. The molecule has 4 nitrogen and oxygen atoms in total. The van der Waals surface area contributed by atoms with Crippen molar-refractivity contribution in [3.63, 3.8) is 0 Å². The summed E-state index contributed by atoms with van der Waals surface area (Å²) in [7, 11) is -3.04. The van der Waals surface area contributed by atoms with E-state index < -0.39 is 10.0 Å². The van der Waals surface area contributed by atoms with E-state index in [1.807, 2.05) is 0 Å². The van der Waals surface area contributed by atoms with E-state index >= 15 is 0 Å². The van der Waals surface area contributed by atoms with Crippen LogP contribution in [0, 0.1) is 5.41 Å². The third-order valence-corrected chi connectivity index (χ3v) is 7.07. The lowest BCUT2D eigenvalue weighted by atomic mass is 9.75. The topological polar surface area (TPSA) is 49.4 Å². The van der Waals surface area contributed by atoms with Crippen molar-refractivity contribution in [3.8, 4) is 0 Å². The Morgan fingerprint density at radius 3 is 2.14 bits per heavy atom. The second-order valence-corrected chi connectivity index (χ2v) is 8.47. The van der Waals surface area contributed by atoms with Crippen molar-refractivity contribution in [2.24, 2.45) is 5.41 Å². The molecule has 1 N–H and O–H groups in total. The third-order valence-electron chi connectivity index (χ3n) is 5.11. The largest absolute Gasteiger partial charge is 0.317 e. The van der Waals surface area contributed by atoms with Gasteiger partial charge >= 0.3 is 0 Å². The minimum absolute atomic E-state index is 0.312. The lowest BCUT2D eigenvalue weighted by molar-refractivity contribution is 0.141. The molecule has 0 radical (unpaired) electrons. The highest BCUT2D eigenvalue weighted by Crippen LogP contribution is 2.38. The molecule has 0 bridgehead atoms. The van der Waals surface area contributed by atoms with E-state index in [9.17, 15) is 8.42 Å². The van der Waals surface area contributed by atoms with E-state index in [1.165, 1.54) is 12.8 Å². The maximum absolute atomic E-state index is 12.4. The molecule has 0 atom stereocenters. The molecule has 0 amide bonds. The number of hydrogen-bond donors (Lipinski definition) is 1. The van der Waals surface area contributed by atoms with Gasteiger partial charge in [-0.25, -0.2) is 12.7 Å². The molecule has 1 aliphatic rings. The Hall–Kier alpha value is -0.130. The molecule has 126 valence electrons. The maximum Gasteiger partial charge on any atom is 0.214 e. The number of sulfonamides is 1. The molecule has 0 aliphatic carbocycles. The number of nitrogens with one attached hydrogen (secondary N) is 1. The van der Waals surface area contributed by atoms with Gasteiger partial charge in [0.2, 0.25) is 10.0 Å². The molecule has 0 saturated carbocycles. The lowest BCUT2D eigenvalue weighted by Crippen LogP contribution is -2.43. The lowest BCUT2D eigenvalue weighted by Gasteiger charge is -2.40. The molecular formula is C16H34N2O2S. The van der Waals surface area contributed by atoms with Crippen molar-refractivity contribution in [1.29, 1.82) is 0 Å². The molecule has 0 unspecified atom stereocenters. The maximum atomic E-state index is 12.4. The van der Waals surface area contributed by atoms with Crippen molar-refractivity contribution in [1.82, 2.24) is 9.62 Å². The molecule has 0 aromatic rings. The van der Waals surface area contributed by atoms with E-state index in [0.717, 1.165) is 58.3 Å². The first-order chi connectivity index (χ1) is 9.99. The van der Waals surface area contributed by atoms with E-state index in [-0.39, 0.29) is 0 Å². The number of unbranched alkanes of at least 4 members (excludes halogenated alkanes) is 1. The summed E-state index contributed by atoms with van der Waals surface area (Å²) in [5, 5.41) is 3.32. The predicted octanol–water partition coefficient (Wildman–Crippen LogP) is 3.00. The molecule has 0 aromatic heterocycles. The fourth-order valence-corrected chi connectivity index (χ4v) is 4.73. The second kappa shape index (κ2) is 9.11. The quantitative estimate of drug-likeness (QED) is 0.630. The molecule has 1 rings (SSSR count). The number of nitrogens with zero attached hydrogens (tertiary/aromatic N) is 1. The van der Waals surface area contributed by atoms with Gasteiger partial charge in [-0.3, -0.25) is 0 Å². The van der Waals surface area contributed by atoms with Crippen molar-refractivity contribution in [2.75, 3.05) is 31.9 Å². The molecule has 1 aliphatic heterocycles. The van der Waals surface area contributed by atoms with Crippen LogP contribution in [0.4, 0.5) is 0 Å². The van der Waals surface area contributed by atoms with Crippen LogP contribution in [-0.4, -0.2) is 44.7 Å². The van der Waals surface area contributed by atoms with Crippen LogP contribution in [0.2, 0.25) is 0 Å². The Morgan fingerprint density at radius 1 is 1.00 bits per heavy atom. The summed E-state index contributed by atoms with van der Waals surface area (Å²) in [5.74, 6) is 0.312. The van der Waals surface area contributed by atoms with Crippen molar-refractivity contribution >= 4 is 10.0 Å². The van der Waals surface area contributed by atoms with Gasteiger partial charge in [-0.2, -0.15) is 0 Å².